The molecule has 0 aliphatic carbocycles. The second kappa shape index (κ2) is 13.8. The van der Waals surface area contributed by atoms with E-state index < -0.39 is 0 Å². The Morgan fingerprint density at radius 3 is 1.29 bits per heavy atom. The molecule has 0 aliphatic heterocycles. The first-order valence-corrected chi connectivity index (χ1v) is 18.5. The van der Waals surface area contributed by atoms with E-state index in [-0.39, 0.29) is 0 Å². The van der Waals surface area contributed by atoms with Gasteiger partial charge in [0.25, 0.3) is 0 Å². The van der Waals surface area contributed by atoms with Crippen molar-refractivity contribution in [3.05, 3.63) is 206 Å². The number of nitrogens with zero attached hydrogens (tertiary/aromatic N) is 4. The van der Waals surface area contributed by atoms with Gasteiger partial charge in [0.2, 0.25) is 0 Å². The summed E-state index contributed by atoms with van der Waals surface area (Å²) in [6.45, 7) is 0. The standard InChI is InChI=1S/C51H34N4/c1-4-13-35(14-5-1)37-23-25-40(26-24-37)50-52-49(39-17-8-3-9-18-39)53-51(54-50)43-29-32-46-45-21-10-11-22-47(45)55(48(46)34-43)44-30-27-38(28-31-44)42-20-12-19-41(33-42)36-15-6-2-7-16-36/h1-34H. The largest absolute Gasteiger partial charge is 0.309 e. The Morgan fingerprint density at radius 2 is 0.655 bits per heavy atom. The van der Waals surface area contributed by atoms with Gasteiger partial charge in [-0.25, -0.2) is 15.0 Å². The minimum atomic E-state index is 0.628. The van der Waals surface area contributed by atoms with Crippen molar-refractivity contribution in [2.75, 3.05) is 0 Å². The molecule has 258 valence electrons. The van der Waals surface area contributed by atoms with Crippen molar-refractivity contribution < 1.29 is 0 Å². The first kappa shape index (κ1) is 32.2. The second-order valence-corrected chi connectivity index (χ2v) is 13.7. The molecule has 0 amide bonds. The molecule has 0 N–H and O–H groups in total. The third-order valence-electron chi connectivity index (χ3n) is 10.3. The number of fused-ring (bicyclic) bond motifs is 3. The van der Waals surface area contributed by atoms with Crippen molar-refractivity contribution in [3.63, 3.8) is 0 Å². The summed E-state index contributed by atoms with van der Waals surface area (Å²) in [6, 6.07) is 72.3. The predicted molar refractivity (Wildman–Crippen MR) is 227 cm³/mol. The lowest BCUT2D eigenvalue weighted by atomic mass is 9.99. The van der Waals surface area contributed by atoms with E-state index in [1.165, 1.54) is 38.6 Å². The average Bonchev–Trinajstić information content (AvgIpc) is 3.61. The van der Waals surface area contributed by atoms with E-state index in [1.54, 1.807) is 0 Å². The number of benzene rings is 8. The van der Waals surface area contributed by atoms with Crippen molar-refractivity contribution in [3.8, 4) is 73.2 Å². The van der Waals surface area contributed by atoms with Crippen LogP contribution in [0.15, 0.2) is 206 Å². The van der Waals surface area contributed by atoms with Gasteiger partial charge in [-0.1, -0.05) is 176 Å². The van der Waals surface area contributed by atoms with Crippen molar-refractivity contribution in [1.29, 1.82) is 0 Å². The molecule has 0 spiro atoms. The monoisotopic (exact) mass is 702 g/mol. The van der Waals surface area contributed by atoms with Gasteiger partial charge < -0.3 is 4.57 Å². The van der Waals surface area contributed by atoms with Gasteiger partial charge in [0.15, 0.2) is 17.5 Å². The summed E-state index contributed by atoms with van der Waals surface area (Å²) in [5.74, 6) is 1.90. The average molecular weight is 703 g/mol. The highest BCUT2D eigenvalue weighted by Gasteiger charge is 2.17. The van der Waals surface area contributed by atoms with E-state index in [0.29, 0.717) is 17.5 Å². The third kappa shape index (κ3) is 6.16. The molecule has 0 bridgehead atoms. The molecule has 0 fully saturated rings. The maximum Gasteiger partial charge on any atom is 0.164 e. The number of para-hydroxylation sites is 1. The lowest BCUT2D eigenvalue weighted by molar-refractivity contribution is 1.07. The van der Waals surface area contributed by atoms with E-state index in [4.69, 9.17) is 15.0 Å². The molecular weight excluding hydrogens is 669 g/mol. The summed E-state index contributed by atoms with van der Waals surface area (Å²) in [6.07, 6.45) is 0. The van der Waals surface area contributed by atoms with E-state index in [9.17, 15) is 0 Å². The lowest BCUT2D eigenvalue weighted by Crippen LogP contribution is -2.00. The molecule has 0 aliphatic rings. The zero-order chi connectivity index (χ0) is 36.6. The summed E-state index contributed by atoms with van der Waals surface area (Å²) in [4.78, 5) is 15.2. The molecule has 10 rings (SSSR count). The molecule has 0 radical (unpaired) electrons. The highest BCUT2D eigenvalue weighted by molar-refractivity contribution is 6.10. The van der Waals surface area contributed by atoms with E-state index in [0.717, 1.165) is 39.0 Å². The topological polar surface area (TPSA) is 43.6 Å². The highest BCUT2D eigenvalue weighted by Crippen LogP contribution is 2.36. The van der Waals surface area contributed by atoms with Gasteiger partial charge in [0.1, 0.15) is 0 Å². The molecule has 4 heteroatoms. The fraction of sp³-hybridized carbons (Fsp3) is 0. The normalized spacial score (nSPS) is 11.3. The Kier molecular flexibility index (Phi) is 8.12. The number of aromatic nitrogens is 4. The van der Waals surface area contributed by atoms with Crippen LogP contribution < -0.4 is 0 Å². The van der Waals surface area contributed by atoms with Crippen molar-refractivity contribution in [1.82, 2.24) is 19.5 Å². The van der Waals surface area contributed by atoms with E-state index in [2.05, 4.69) is 174 Å². The van der Waals surface area contributed by atoms with Gasteiger partial charge in [-0.15, -0.1) is 0 Å². The van der Waals surface area contributed by atoms with Crippen LogP contribution in [0.25, 0.3) is 95.0 Å². The molecule has 8 aromatic carbocycles. The van der Waals surface area contributed by atoms with Crippen LogP contribution in [-0.4, -0.2) is 19.5 Å². The zero-order valence-corrected chi connectivity index (χ0v) is 29.9. The first-order chi connectivity index (χ1) is 27.2. The van der Waals surface area contributed by atoms with Crippen LogP contribution in [0.4, 0.5) is 0 Å². The van der Waals surface area contributed by atoms with Gasteiger partial charge in [-0.3, -0.25) is 0 Å². The van der Waals surface area contributed by atoms with E-state index >= 15 is 0 Å². The van der Waals surface area contributed by atoms with Crippen LogP contribution in [0.3, 0.4) is 0 Å². The van der Waals surface area contributed by atoms with Gasteiger partial charge in [0, 0.05) is 33.2 Å². The van der Waals surface area contributed by atoms with Gasteiger partial charge in [-0.2, -0.15) is 0 Å². The molecular formula is C51H34N4. The Hall–Kier alpha value is -7.43. The Labute approximate surface area is 319 Å². The molecule has 10 aromatic rings. The first-order valence-electron chi connectivity index (χ1n) is 18.5. The van der Waals surface area contributed by atoms with Gasteiger partial charge >= 0.3 is 0 Å². The van der Waals surface area contributed by atoms with Crippen LogP contribution >= 0.6 is 0 Å². The Balaban J connectivity index is 1.08. The van der Waals surface area contributed by atoms with Gasteiger partial charge in [-0.05, 0) is 63.7 Å². The van der Waals surface area contributed by atoms with Crippen LogP contribution in [0.5, 0.6) is 0 Å². The smallest absolute Gasteiger partial charge is 0.164 e. The summed E-state index contributed by atoms with van der Waals surface area (Å²) >= 11 is 0. The number of hydrogen-bond donors (Lipinski definition) is 0. The molecule has 0 saturated heterocycles. The van der Waals surface area contributed by atoms with Gasteiger partial charge in [0.05, 0.1) is 11.0 Å². The third-order valence-corrected chi connectivity index (χ3v) is 10.3. The zero-order valence-electron chi connectivity index (χ0n) is 29.9. The fourth-order valence-electron chi connectivity index (χ4n) is 7.49. The number of rotatable bonds is 7. The molecule has 55 heavy (non-hydrogen) atoms. The predicted octanol–water partition coefficient (Wildman–Crippen LogP) is 13.0. The molecule has 0 unspecified atom stereocenters. The number of hydrogen-bond acceptors (Lipinski definition) is 3. The van der Waals surface area contributed by atoms with Crippen LogP contribution in [0.1, 0.15) is 0 Å². The van der Waals surface area contributed by atoms with Crippen LogP contribution in [0, 0.1) is 0 Å². The Bertz CT molecular complexity index is 2930. The van der Waals surface area contributed by atoms with Crippen molar-refractivity contribution in [2.45, 2.75) is 0 Å². The molecule has 4 nitrogen and oxygen atoms in total. The van der Waals surface area contributed by atoms with Crippen molar-refractivity contribution in [2.24, 2.45) is 0 Å². The quantitative estimate of drug-likeness (QED) is 0.166. The minimum Gasteiger partial charge on any atom is -0.309 e. The van der Waals surface area contributed by atoms with Crippen LogP contribution in [-0.2, 0) is 0 Å². The second-order valence-electron chi connectivity index (χ2n) is 13.7. The molecule has 0 saturated carbocycles. The lowest BCUT2D eigenvalue weighted by Gasteiger charge is -2.12. The van der Waals surface area contributed by atoms with Crippen molar-refractivity contribution >= 4 is 21.8 Å². The summed E-state index contributed by atoms with van der Waals surface area (Å²) in [7, 11) is 0. The molecule has 0 atom stereocenters. The van der Waals surface area contributed by atoms with E-state index in [1.807, 2.05) is 36.4 Å². The Morgan fingerprint density at radius 1 is 0.255 bits per heavy atom. The van der Waals surface area contributed by atoms with Crippen LogP contribution in [0.2, 0.25) is 0 Å². The summed E-state index contributed by atoms with van der Waals surface area (Å²) in [5.41, 5.74) is 13.2. The highest BCUT2D eigenvalue weighted by atomic mass is 15.0. The SMILES string of the molecule is c1ccc(-c2ccc(-c3nc(-c4ccccc4)nc(-c4ccc5c6ccccc6n(-c6ccc(-c7cccc(-c8ccccc8)c7)cc6)c5c4)n3)cc2)cc1. The minimum absolute atomic E-state index is 0.628. The maximum atomic E-state index is 5.11. The maximum absolute atomic E-state index is 5.11. The molecule has 2 aromatic heterocycles. The molecule has 2 heterocycles. The summed E-state index contributed by atoms with van der Waals surface area (Å²) < 4.78 is 2.35. The summed E-state index contributed by atoms with van der Waals surface area (Å²) in [5, 5.41) is 2.37. The fourth-order valence-corrected chi connectivity index (χ4v) is 7.49.